The monoisotopic (exact) mass is 401 g/mol. The van der Waals surface area contributed by atoms with E-state index in [1.165, 1.54) is 0 Å². The molecule has 0 amide bonds. The van der Waals surface area contributed by atoms with Crippen molar-refractivity contribution in [2.24, 2.45) is 7.05 Å². The summed E-state index contributed by atoms with van der Waals surface area (Å²) in [5, 5.41) is 20.8. The summed E-state index contributed by atoms with van der Waals surface area (Å²) in [6.45, 7) is 6.58. The van der Waals surface area contributed by atoms with Crippen molar-refractivity contribution in [3.63, 3.8) is 0 Å². The molecule has 1 aromatic carbocycles. The molecule has 0 saturated heterocycles. The lowest BCUT2D eigenvalue weighted by atomic mass is 10.0. The van der Waals surface area contributed by atoms with E-state index in [4.69, 9.17) is 10.4 Å². The Labute approximate surface area is 176 Å². The van der Waals surface area contributed by atoms with E-state index in [0.717, 1.165) is 39.1 Å². The van der Waals surface area contributed by atoms with Crippen molar-refractivity contribution in [2.75, 3.05) is 10.6 Å². The molecule has 0 saturated carbocycles. The molecule has 154 valence electrons. The topological polar surface area (TPSA) is 94.4 Å². The van der Waals surface area contributed by atoms with Crippen LogP contribution >= 0.6 is 0 Å². The number of fused-ring (bicyclic) bond motifs is 1. The van der Waals surface area contributed by atoms with Gasteiger partial charge in [0.1, 0.15) is 5.69 Å². The number of benzene rings is 1. The third-order valence-electron chi connectivity index (χ3n) is 4.91. The predicted octanol–water partition coefficient (Wildman–Crippen LogP) is 4.78. The molecule has 0 unspecified atom stereocenters. The first kappa shape index (κ1) is 19.7. The number of H-pyrrole nitrogens is 1. The number of anilines is 2. The molecule has 0 radical (unpaired) electrons. The number of aryl methyl sites for hydroxylation is 1. The number of pyridine rings is 1. The summed E-state index contributed by atoms with van der Waals surface area (Å²) in [5.74, 6) is 0. The van der Waals surface area contributed by atoms with Gasteiger partial charge in [0.25, 0.3) is 0 Å². The van der Waals surface area contributed by atoms with Crippen molar-refractivity contribution in [3.8, 4) is 11.3 Å². The normalized spacial score (nSPS) is 11.2. The molecule has 0 aliphatic heterocycles. The zero-order chi connectivity index (χ0) is 21.3. The van der Waals surface area contributed by atoms with Crippen molar-refractivity contribution in [1.82, 2.24) is 19.7 Å². The average Bonchev–Trinajstić information content (AvgIpc) is 3.34. The molecule has 0 aliphatic carbocycles. The van der Waals surface area contributed by atoms with Crippen LogP contribution in [0.5, 0.6) is 0 Å². The third-order valence-corrected chi connectivity index (χ3v) is 4.91. The Morgan fingerprint density at radius 1 is 1.27 bits per heavy atom. The molecule has 4 rings (SSSR count). The second kappa shape index (κ2) is 8.02. The quantitative estimate of drug-likeness (QED) is 0.335. The number of nitrogens with one attached hydrogen (secondary N) is 4. The maximum absolute atomic E-state index is 8.36. The average molecular weight is 402 g/mol. The molecule has 0 fully saturated rings. The van der Waals surface area contributed by atoms with Gasteiger partial charge in [-0.2, -0.15) is 5.10 Å². The molecule has 7 heteroatoms. The number of rotatable bonds is 7. The molecule has 0 bridgehead atoms. The van der Waals surface area contributed by atoms with Gasteiger partial charge in [0.2, 0.25) is 0 Å². The van der Waals surface area contributed by atoms with Gasteiger partial charge < -0.3 is 21.0 Å². The molecule has 4 aromatic rings. The SMILES string of the molecule is CC(=N)c1nc(-c2cccc3cc[nH]c23)cc(NCc2cnn(C)c2)c1NC(C)C. The number of para-hydroxylation sites is 1. The number of hydrogen-bond acceptors (Lipinski definition) is 5. The van der Waals surface area contributed by atoms with Gasteiger partial charge >= 0.3 is 0 Å². The van der Waals surface area contributed by atoms with Gasteiger partial charge in [-0.15, -0.1) is 0 Å². The van der Waals surface area contributed by atoms with Gasteiger partial charge in [0, 0.05) is 48.5 Å². The van der Waals surface area contributed by atoms with Gasteiger partial charge in [0.15, 0.2) is 0 Å². The molecular formula is C23H27N7. The van der Waals surface area contributed by atoms with Crippen LogP contribution in [0.1, 0.15) is 32.0 Å². The first-order valence-electron chi connectivity index (χ1n) is 10.1. The maximum Gasteiger partial charge on any atom is 0.109 e. The molecule has 0 spiro atoms. The van der Waals surface area contributed by atoms with E-state index >= 15 is 0 Å². The van der Waals surface area contributed by atoms with E-state index in [-0.39, 0.29) is 6.04 Å². The first-order chi connectivity index (χ1) is 14.4. The lowest BCUT2D eigenvalue weighted by Gasteiger charge is -2.20. The molecular weight excluding hydrogens is 374 g/mol. The van der Waals surface area contributed by atoms with Crippen molar-refractivity contribution < 1.29 is 0 Å². The van der Waals surface area contributed by atoms with Crippen LogP contribution in [0.15, 0.2) is 48.9 Å². The van der Waals surface area contributed by atoms with Crippen LogP contribution in [-0.4, -0.2) is 31.5 Å². The van der Waals surface area contributed by atoms with Crippen LogP contribution in [0.25, 0.3) is 22.2 Å². The van der Waals surface area contributed by atoms with E-state index in [2.05, 4.69) is 58.8 Å². The van der Waals surface area contributed by atoms with Crippen LogP contribution in [0, 0.1) is 5.41 Å². The van der Waals surface area contributed by atoms with E-state index in [9.17, 15) is 0 Å². The fourth-order valence-corrected chi connectivity index (χ4v) is 3.59. The number of nitrogens with zero attached hydrogens (tertiary/aromatic N) is 3. The Balaban J connectivity index is 1.84. The van der Waals surface area contributed by atoms with Gasteiger partial charge in [0.05, 0.1) is 34.5 Å². The molecule has 4 N–H and O–H groups in total. The third kappa shape index (κ3) is 3.91. The van der Waals surface area contributed by atoms with E-state index in [0.29, 0.717) is 18.0 Å². The Morgan fingerprint density at radius 3 is 2.80 bits per heavy atom. The van der Waals surface area contributed by atoms with Crippen LogP contribution in [0.3, 0.4) is 0 Å². The molecule has 3 heterocycles. The predicted molar refractivity (Wildman–Crippen MR) is 123 cm³/mol. The molecule has 0 atom stereocenters. The van der Waals surface area contributed by atoms with Crippen molar-refractivity contribution >= 4 is 28.0 Å². The fraction of sp³-hybridized carbons (Fsp3) is 0.261. The summed E-state index contributed by atoms with van der Waals surface area (Å²) < 4.78 is 1.79. The standard InChI is InChI=1S/C23H27N7/c1-14(2)28-23-20(26-11-16-12-27-30(4)13-16)10-19(29-21(23)15(3)24)18-7-5-6-17-8-9-25-22(17)18/h5-10,12-14,24-25,28H,11H2,1-4H3,(H,26,29). The molecule has 0 aliphatic rings. The van der Waals surface area contributed by atoms with Crippen LogP contribution < -0.4 is 10.6 Å². The summed E-state index contributed by atoms with van der Waals surface area (Å²) in [4.78, 5) is 8.20. The van der Waals surface area contributed by atoms with Crippen molar-refractivity contribution in [1.29, 1.82) is 5.41 Å². The summed E-state index contributed by atoms with van der Waals surface area (Å²) >= 11 is 0. The van der Waals surface area contributed by atoms with Gasteiger partial charge in [-0.3, -0.25) is 4.68 Å². The van der Waals surface area contributed by atoms with Crippen LogP contribution in [0.4, 0.5) is 11.4 Å². The summed E-state index contributed by atoms with van der Waals surface area (Å²) in [6.07, 6.45) is 5.79. The van der Waals surface area contributed by atoms with Crippen LogP contribution in [0.2, 0.25) is 0 Å². The van der Waals surface area contributed by atoms with E-state index in [1.54, 1.807) is 11.6 Å². The fourth-order valence-electron chi connectivity index (χ4n) is 3.59. The van der Waals surface area contributed by atoms with E-state index < -0.39 is 0 Å². The van der Waals surface area contributed by atoms with Crippen molar-refractivity contribution in [3.05, 3.63) is 60.2 Å². The number of aromatic amines is 1. The highest BCUT2D eigenvalue weighted by Crippen LogP contribution is 2.34. The Bertz CT molecular complexity index is 1200. The second-order valence-electron chi connectivity index (χ2n) is 7.83. The van der Waals surface area contributed by atoms with Gasteiger partial charge in [-0.05, 0) is 32.9 Å². The smallest absolute Gasteiger partial charge is 0.109 e. The van der Waals surface area contributed by atoms with Crippen molar-refractivity contribution in [2.45, 2.75) is 33.4 Å². The summed E-state index contributed by atoms with van der Waals surface area (Å²) in [5.41, 5.74) is 6.81. The molecule has 30 heavy (non-hydrogen) atoms. The number of aromatic nitrogens is 4. The van der Waals surface area contributed by atoms with Crippen LogP contribution in [-0.2, 0) is 13.6 Å². The lowest BCUT2D eigenvalue weighted by molar-refractivity contribution is 0.767. The minimum Gasteiger partial charge on any atom is -0.379 e. The Kier molecular flexibility index (Phi) is 5.27. The maximum atomic E-state index is 8.36. The zero-order valence-electron chi connectivity index (χ0n) is 17.7. The Morgan fingerprint density at radius 2 is 2.10 bits per heavy atom. The first-order valence-corrected chi connectivity index (χ1v) is 10.1. The highest BCUT2D eigenvalue weighted by atomic mass is 15.2. The lowest BCUT2D eigenvalue weighted by Crippen LogP contribution is -2.17. The highest BCUT2D eigenvalue weighted by Gasteiger charge is 2.17. The molecule has 3 aromatic heterocycles. The van der Waals surface area contributed by atoms with Gasteiger partial charge in [-0.25, -0.2) is 4.98 Å². The minimum absolute atomic E-state index is 0.210. The number of hydrogen-bond donors (Lipinski definition) is 4. The van der Waals surface area contributed by atoms with E-state index in [1.807, 2.05) is 31.7 Å². The second-order valence-corrected chi connectivity index (χ2v) is 7.83. The summed E-state index contributed by atoms with van der Waals surface area (Å²) in [7, 11) is 1.91. The molecule has 7 nitrogen and oxygen atoms in total. The van der Waals surface area contributed by atoms with Gasteiger partial charge in [-0.1, -0.05) is 18.2 Å². The minimum atomic E-state index is 0.210. The highest BCUT2D eigenvalue weighted by molar-refractivity contribution is 6.04. The zero-order valence-corrected chi connectivity index (χ0v) is 17.7. The summed E-state index contributed by atoms with van der Waals surface area (Å²) in [6, 6.07) is 10.5. The Hall–Kier alpha value is -3.61. The largest absolute Gasteiger partial charge is 0.379 e.